The summed E-state index contributed by atoms with van der Waals surface area (Å²) in [6.07, 6.45) is 2.48. The summed E-state index contributed by atoms with van der Waals surface area (Å²) in [5.74, 6) is 0. The molecule has 0 fully saturated rings. The molecule has 0 saturated carbocycles. The number of fused-ring (bicyclic) bond motifs is 1. The highest BCUT2D eigenvalue weighted by atomic mass is 79.9. The van der Waals surface area contributed by atoms with Gasteiger partial charge in [-0.25, -0.2) is 0 Å². The first-order valence-corrected chi connectivity index (χ1v) is 6.56. The van der Waals surface area contributed by atoms with Gasteiger partial charge >= 0.3 is 0 Å². The van der Waals surface area contributed by atoms with Crippen LogP contribution in [0.1, 0.15) is 12.0 Å². The van der Waals surface area contributed by atoms with Crippen molar-refractivity contribution in [2.24, 2.45) is 0 Å². The number of thioether (sulfide) groups is 1. The normalized spacial score (nSPS) is 19.7. The number of nitrogens with one attached hydrogen (secondary N) is 1. The number of benzene rings is 1. The summed E-state index contributed by atoms with van der Waals surface area (Å²) < 4.78 is 1.20. The molecule has 2 rings (SSSR count). The van der Waals surface area contributed by atoms with E-state index in [0.717, 1.165) is 11.8 Å². The van der Waals surface area contributed by atoms with Crippen LogP contribution in [0.5, 0.6) is 0 Å². The lowest BCUT2D eigenvalue weighted by molar-refractivity contribution is 0.696. The molecule has 14 heavy (non-hydrogen) atoms. The quantitative estimate of drug-likeness (QED) is 0.907. The van der Waals surface area contributed by atoms with Crippen LogP contribution in [0.2, 0.25) is 0 Å². The molecule has 0 aromatic heterocycles. The van der Waals surface area contributed by atoms with Gasteiger partial charge in [-0.2, -0.15) is 0 Å². The molecule has 0 radical (unpaired) electrons. The first-order chi connectivity index (χ1) is 6.79. The summed E-state index contributed by atoms with van der Waals surface area (Å²) >= 11 is 5.54. The van der Waals surface area contributed by atoms with Gasteiger partial charge in [0.15, 0.2) is 0 Å². The first kappa shape index (κ1) is 10.5. The molecule has 3 heteroatoms. The van der Waals surface area contributed by atoms with E-state index in [4.69, 9.17) is 0 Å². The summed E-state index contributed by atoms with van der Waals surface area (Å²) in [6, 6.07) is 6.61. The third-order valence-corrected chi connectivity index (χ3v) is 4.36. The monoisotopic (exact) mass is 271 g/mol. The van der Waals surface area contributed by atoms with E-state index in [0.29, 0.717) is 0 Å². The predicted octanol–water partition coefficient (Wildman–Crippen LogP) is 3.08. The van der Waals surface area contributed by atoms with E-state index < -0.39 is 0 Å². The molecule has 0 spiro atoms. The highest BCUT2D eigenvalue weighted by Gasteiger charge is 2.21. The Bertz CT molecular complexity index is 327. The van der Waals surface area contributed by atoms with Crippen LogP contribution in [0.15, 0.2) is 27.6 Å². The van der Waals surface area contributed by atoms with Crippen LogP contribution in [-0.2, 0) is 6.42 Å². The Morgan fingerprint density at radius 3 is 3.21 bits per heavy atom. The van der Waals surface area contributed by atoms with Gasteiger partial charge in [0.05, 0.1) is 0 Å². The Labute approximate surface area is 97.8 Å². The highest BCUT2D eigenvalue weighted by Crippen LogP contribution is 2.39. The van der Waals surface area contributed by atoms with E-state index in [1.165, 1.54) is 27.8 Å². The Morgan fingerprint density at radius 1 is 1.57 bits per heavy atom. The zero-order valence-electron chi connectivity index (χ0n) is 8.22. The summed E-state index contributed by atoms with van der Waals surface area (Å²) in [7, 11) is 2.02. The number of rotatable bonds is 3. The standard InChI is InChI=1S/C11H14BrNS/c1-13-5-4-10-7-8-6-9(12)2-3-11(8)14-10/h2-3,6,10,13H,4-5,7H2,1H3. The zero-order valence-corrected chi connectivity index (χ0v) is 10.6. The van der Waals surface area contributed by atoms with Crippen LogP contribution in [0.4, 0.5) is 0 Å². The molecule has 1 aromatic carbocycles. The summed E-state index contributed by atoms with van der Waals surface area (Å²) in [6.45, 7) is 1.12. The molecule has 1 unspecified atom stereocenters. The first-order valence-electron chi connectivity index (χ1n) is 4.89. The minimum Gasteiger partial charge on any atom is -0.320 e. The maximum atomic E-state index is 3.52. The van der Waals surface area contributed by atoms with Crippen molar-refractivity contribution in [3.8, 4) is 0 Å². The van der Waals surface area contributed by atoms with Gasteiger partial charge < -0.3 is 5.32 Å². The molecule has 1 N–H and O–H groups in total. The lowest BCUT2D eigenvalue weighted by atomic mass is 10.1. The van der Waals surface area contributed by atoms with Crippen LogP contribution >= 0.6 is 27.7 Å². The van der Waals surface area contributed by atoms with E-state index in [1.54, 1.807) is 0 Å². The van der Waals surface area contributed by atoms with E-state index in [2.05, 4.69) is 39.4 Å². The van der Waals surface area contributed by atoms with E-state index >= 15 is 0 Å². The van der Waals surface area contributed by atoms with Crippen molar-refractivity contribution >= 4 is 27.7 Å². The largest absolute Gasteiger partial charge is 0.320 e. The lowest BCUT2D eigenvalue weighted by Crippen LogP contribution is -2.14. The molecule has 0 aliphatic carbocycles. The second-order valence-corrected chi connectivity index (χ2v) is 5.85. The van der Waals surface area contributed by atoms with E-state index in [9.17, 15) is 0 Å². The van der Waals surface area contributed by atoms with Gasteiger partial charge in [-0.05, 0) is 50.2 Å². The van der Waals surface area contributed by atoms with Crippen molar-refractivity contribution < 1.29 is 0 Å². The fourth-order valence-corrected chi connectivity index (χ4v) is 3.46. The van der Waals surface area contributed by atoms with Gasteiger partial charge in [0, 0.05) is 14.6 Å². The van der Waals surface area contributed by atoms with Gasteiger partial charge in [-0.3, -0.25) is 0 Å². The van der Waals surface area contributed by atoms with Crippen molar-refractivity contribution in [2.45, 2.75) is 23.0 Å². The number of halogens is 1. The Balaban J connectivity index is 2.03. The minimum atomic E-state index is 0.770. The van der Waals surface area contributed by atoms with Crippen molar-refractivity contribution in [1.29, 1.82) is 0 Å². The average molecular weight is 272 g/mol. The Hall–Kier alpha value is 0.01000. The van der Waals surface area contributed by atoms with E-state index in [-0.39, 0.29) is 0 Å². The fraction of sp³-hybridized carbons (Fsp3) is 0.455. The van der Waals surface area contributed by atoms with Crippen molar-refractivity contribution in [1.82, 2.24) is 5.32 Å². The predicted molar refractivity (Wildman–Crippen MR) is 66.0 cm³/mol. The summed E-state index contributed by atoms with van der Waals surface area (Å²) in [5, 5.41) is 3.98. The van der Waals surface area contributed by atoms with Gasteiger partial charge in [0.1, 0.15) is 0 Å². The molecule has 1 aliphatic rings. The molecule has 1 heterocycles. The number of hydrogen-bond acceptors (Lipinski definition) is 2. The number of hydrogen-bond donors (Lipinski definition) is 1. The van der Waals surface area contributed by atoms with Gasteiger partial charge in [-0.1, -0.05) is 15.9 Å². The van der Waals surface area contributed by atoms with E-state index in [1.807, 2.05) is 18.8 Å². The molecule has 0 saturated heterocycles. The van der Waals surface area contributed by atoms with Gasteiger partial charge in [0.25, 0.3) is 0 Å². The maximum absolute atomic E-state index is 3.52. The Kier molecular flexibility index (Phi) is 3.52. The smallest absolute Gasteiger partial charge is 0.0178 e. The molecule has 1 aromatic rings. The lowest BCUT2D eigenvalue weighted by Gasteiger charge is -2.06. The van der Waals surface area contributed by atoms with Crippen LogP contribution in [0, 0.1) is 0 Å². The van der Waals surface area contributed by atoms with Crippen molar-refractivity contribution in [3.05, 3.63) is 28.2 Å². The van der Waals surface area contributed by atoms with Crippen LogP contribution in [0.25, 0.3) is 0 Å². The second-order valence-electron chi connectivity index (χ2n) is 3.59. The molecule has 1 aliphatic heterocycles. The highest BCUT2D eigenvalue weighted by molar-refractivity contribution is 9.10. The van der Waals surface area contributed by atoms with Crippen molar-refractivity contribution in [2.75, 3.05) is 13.6 Å². The molecule has 1 nitrogen and oxygen atoms in total. The topological polar surface area (TPSA) is 12.0 Å². The molecular formula is C11H14BrNS. The third-order valence-electron chi connectivity index (χ3n) is 2.48. The zero-order chi connectivity index (χ0) is 9.97. The van der Waals surface area contributed by atoms with Gasteiger partial charge in [0.2, 0.25) is 0 Å². The molecule has 0 amide bonds. The average Bonchev–Trinajstić information content (AvgIpc) is 2.56. The third kappa shape index (κ3) is 2.33. The van der Waals surface area contributed by atoms with Crippen LogP contribution in [-0.4, -0.2) is 18.8 Å². The minimum absolute atomic E-state index is 0.770. The van der Waals surface area contributed by atoms with Gasteiger partial charge in [-0.15, -0.1) is 11.8 Å². The molecule has 1 atom stereocenters. The summed E-state index contributed by atoms with van der Waals surface area (Å²) in [5.41, 5.74) is 1.51. The van der Waals surface area contributed by atoms with Crippen LogP contribution < -0.4 is 5.32 Å². The molecule has 76 valence electrons. The Morgan fingerprint density at radius 2 is 2.43 bits per heavy atom. The SMILES string of the molecule is CNCCC1Cc2cc(Br)ccc2S1. The van der Waals surface area contributed by atoms with Crippen molar-refractivity contribution in [3.63, 3.8) is 0 Å². The van der Waals surface area contributed by atoms with Crippen LogP contribution in [0.3, 0.4) is 0 Å². The molecule has 0 bridgehead atoms. The maximum Gasteiger partial charge on any atom is 0.0178 e. The second kappa shape index (κ2) is 4.69. The summed E-state index contributed by atoms with van der Waals surface area (Å²) in [4.78, 5) is 1.47. The fourth-order valence-electron chi connectivity index (χ4n) is 1.76. The molecular weight excluding hydrogens is 258 g/mol.